The highest BCUT2D eigenvalue weighted by atomic mass is 31.2. The second kappa shape index (κ2) is 26.1. The number of anilines is 3. The molecule has 438 valence electrons. The van der Waals surface area contributed by atoms with Crippen LogP contribution in [0.4, 0.5) is 17.5 Å². The number of aliphatic hydroxyl groups is 4. The standard InChI is InChI=1S/C46H68N16O16P2/c1-2-3-4-5-6-7-8-9-10-11-12-13-14-15-28(64)59-29-26(75-44(35(29)67)60-22-56-30-38(47)50-19-53-41(30)60)17-72-79(68,69)78-37-34(66)27(76-46(37)62-24-58-32-40(49)52-21-55-43(32)62)18-73-80(70,71)77-36-33(65)25(16-63)74-45(36)61-23-57-31-39(48)51-20-54-42(31)61/h19-27,29,33-37,44-46,63,65-67H,2-18H2,1H3,(H,59,64)(H,68,69)(H,70,71)(H2,47,50,53)(H2,48,51,54)(H2,49,52,55). The Hall–Kier alpha value is -5.54. The number of phosphoric ester groups is 2. The molecule has 0 radical (unpaired) electrons. The smallest absolute Gasteiger partial charge is 0.394 e. The van der Waals surface area contributed by atoms with Crippen LogP contribution in [-0.2, 0) is 46.2 Å². The highest BCUT2D eigenvalue weighted by Crippen LogP contribution is 2.53. The molecular weight excluding hydrogens is 1090 g/mol. The molecule has 0 spiro atoms. The lowest BCUT2D eigenvalue weighted by atomic mass is 10.0. The summed E-state index contributed by atoms with van der Waals surface area (Å²) in [4.78, 5) is 73.0. The van der Waals surface area contributed by atoms with Crippen molar-refractivity contribution in [3.63, 3.8) is 0 Å². The van der Waals surface area contributed by atoms with E-state index in [9.17, 15) is 44.1 Å². The van der Waals surface area contributed by atoms with Crippen molar-refractivity contribution in [2.75, 3.05) is 37.0 Å². The number of nitrogen functional groups attached to an aromatic ring is 3. The van der Waals surface area contributed by atoms with Crippen LogP contribution in [0.1, 0.15) is 115 Å². The second-order valence-corrected chi connectivity index (χ2v) is 22.7. The second-order valence-electron chi connectivity index (χ2n) is 19.9. The maximum atomic E-state index is 14.1. The van der Waals surface area contributed by atoms with Gasteiger partial charge in [-0.1, -0.05) is 84.0 Å². The predicted octanol–water partition coefficient (Wildman–Crippen LogP) is 1.99. The van der Waals surface area contributed by atoms with Gasteiger partial charge in [-0.2, -0.15) is 0 Å². The molecule has 3 saturated heterocycles. The number of hydrogen-bond acceptors (Lipinski definition) is 26. The SMILES string of the molecule is CCCCCCCCCCCCCCCC(=O)NC1C(COP(=O)(O)OC2C(O)C(COP(=O)(O)OC3C(O)C(CO)OC3n3cnc4c(N)ncnc43)OC2n2cnc3c(N)ncnc32)OC(n2cnc3c(N)ncnc32)C1O. The summed E-state index contributed by atoms with van der Waals surface area (Å²) < 4.78 is 71.7. The van der Waals surface area contributed by atoms with E-state index in [1.165, 1.54) is 90.4 Å². The normalized spacial score (nSPS) is 27.6. The average molecular weight is 1160 g/mol. The molecule has 0 aliphatic carbocycles. The van der Waals surface area contributed by atoms with Crippen molar-refractivity contribution in [3.05, 3.63) is 38.0 Å². The van der Waals surface area contributed by atoms with Gasteiger partial charge in [0.05, 0.1) is 44.8 Å². The van der Waals surface area contributed by atoms with Crippen LogP contribution in [0.2, 0.25) is 0 Å². The van der Waals surface area contributed by atoms with Gasteiger partial charge in [0, 0.05) is 6.42 Å². The number of rotatable bonds is 29. The maximum Gasteiger partial charge on any atom is 0.472 e. The van der Waals surface area contributed by atoms with Crippen molar-refractivity contribution in [2.45, 2.75) is 170 Å². The third-order valence-electron chi connectivity index (χ3n) is 14.3. The molecule has 3 aliphatic rings. The first-order chi connectivity index (χ1) is 38.5. The Morgan fingerprint density at radius 3 is 1.40 bits per heavy atom. The van der Waals surface area contributed by atoms with Crippen LogP contribution in [0.5, 0.6) is 0 Å². The molecule has 13 N–H and O–H groups in total. The molecule has 80 heavy (non-hydrogen) atoms. The predicted molar refractivity (Wildman–Crippen MR) is 280 cm³/mol. The van der Waals surface area contributed by atoms with Gasteiger partial charge in [-0.15, -0.1) is 0 Å². The first-order valence-corrected chi connectivity index (χ1v) is 29.5. The number of nitrogens with two attached hydrogens (primary N) is 3. The molecule has 34 heteroatoms. The molecule has 6 aromatic heterocycles. The third-order valence-corrected chi connectivity index (χ3v) is 16.3. The highest BCUT2D eigenvalue weighted by Gasteiger charge is 2.53. The fraction of sp³-hybridized carbons (Fsp3) is 0.652. The van der Waals surface area contributed by atoms with Crippen molar-refractivity contribution in [1.29, 1.82) is 0 Å². The number of aliphatic hydroxyl groups excluding tert-OH is 4. The summed E-state index contributed by atoms with van der Waals surface area (Å²) in [6.07, 6.45) is 4.44. The number of fused-ring (bicyclic) bond motifs is 3. The number of amides is 1. The number of ether oxygens (including phenoxy) is 3. The molecule has 9 heterocycles. The van der Waals surface area contributed by atoms with Gasteiger partial charge in [-0.3, -0.25) is 36.6 Å². The number of imidazole rings is 3. The molecule has 3 aliphatic heterocycles. The van der Waals surface area contributed by atoms with Gasteiger partial charge >= 0.3 is 15.6 Å². The molecule has 3 fully saturated rings. The molecule has 1 amide bonds. The minimum atomic E-state index is -5.37. The molecule has 0 bridgehead atoms. The topological polar surface area (TPSA) is 458 Å². The molecule has 14 unspecified atom stereocenters. The van der Waals surface area contributed by atoms with Crippen LogP contribution in [0.15, 0.2) is 38.0 Å². The van der Waals surface area contributed by atoms with Gasteiger partial charge in [0.15, 0.2) is 53.1 Å². The van der Waals surface area contributed by atoms with Crippen molar-refractivity contribution < 1.29 is 76.4 Å². The Labute approximate surface area is 457 Å². The van der Waals surface area contributed by atoms with E-state index in [1.807, 2.05) is 0 Å². The lowest BCUT2D eigenvalue weighted by molar-refractivity contribution is -0.123. The van der Waals surface area contributed by atoms with Crippen molar-refractivity contribution in [1.82, 2.24) is 63.9 Å². The van der Waals surface area contributed by atoms with Crippen LogP contribution < -0.4 is 22.5 Å². The summed E-state index contributed by atoms with van der Waals surface area (Å²) in [5.41, 5.74) is 18.7. The summed E-state index contributed by atoms with van der Waals surface area (Å²) in [7, 11) is -10.7. The van der Waals surface area contributed by atoms with Crippen LogP contribution in [0, 0.1) is 0 Å². The molecule has 14 atom stereocenters. The van der Waals surface area contributed by atoms with E-state index in [2.05, 4.69) is 57.1 Å². The number of nitrogens with zero attached hydrogens (tertiary/aromatic N) is 12. The zero-order chi connectivity index (χ0) is 56.7. The van der Waals surface area contributed by atoms with Gasteiger partial charge in [0.25, 0.3) is 0 Å². The van der Waals surface area contributed by atoms with Gasteiger partial charge in [-0.05, 0) is 6.42 Å². The van der Waals surface area contributed by atoms with E-state index in [-0.39, 0.29) is 57.4 Å². The summed E-state index contributed by atoms with van der Waals surface area (Å²) in [5, 5.41) is 47.5. The highest BCUT2D eigenvalue weighted by molar-refractivity contribution is 7.47. The first kappa shape index (κ1) is 59.1. The van der Waals surface area contributed by atoms with E-state index < -0.39 is 115 Å². The van der Waals surface area contributed by atoms with Crippen molar-refractivity contribution in [2.24, 2.45) is 0 Å². The molecule has 9 rings (SSSR count). The lowest BCUT2D eigenvalue weighted by Crippen LogP contribution is -2.48. The minimum absolute atomic E-state index is 0.00240. The van der Waals surface area contributed by atoms with Crippen molar-refractivity contribution in [3.8, 4) is 0 Å². The van der Waals surface area contributed by atoms with Crippen LogP contribution in [-0.4, -0.2) is 169 Å². The maximum absolute atomic E-state index is 14.1. The number of unbranched alkanes of at least 4 members (excludes halogenated alkanes) is 12. The quantitative estimate of drug-likeness (QED) is 0.0237. The molecular formula is C46H68N16O16P2. The number of hydrogen-bond donors (Lipinski definition) is 10. The van der Waals surface area contributed by atoms with Crippen molar-refractivity contribution >= 4 is 72.5 Å². The number of aromatic nitrogens is 12. The van der Waals surface area contributed by atoms with E-state index in [0.717, 1.165) is 38.3 Å². The van der Waals surface area contributed by atoms with Gasteiger partial charge in [-0.25, -0.2) is 54.0 Å². The van der Waals surface area contributed by atoms with E-state index in [0.29, 0.717) is 6.42 Å². The fourth-order valence-electron chi connectivity index (χ4n) is 10.1. The van der Waals surface area contributed by atoms with Crippen LogP contribution >= 0.6 is 15.6 Å². The molecule has 6 aromatic rings. The van der Waals surface area contributed by atoms with Gasteiger partial charge < -0.3 is 66.9 Å². The van der Waals surface area contributed by atoms with E-state index in [1.54, 1.807) is 0 Å². The summed E-state index contributed by atoms with van der Waals surface area (Å²) in [6.45, 7) is -0.273. The zero-order valence-corrected chi connectivity index (χ0v) is 45.5. The summed E-state index contributed by atoms with van der Waals surface area (Å²) in [6, 6.07) is -1.23. The number of carbonyl (C=O) groups is 1. The number of phosphoric acid groups is 2. The Morgan fingerprint density at radius 1 is 0.562 bits per heavy atom. The Kier molecular flexibility index (Phi) is 19.3. The number of nitrogens with one attached hydrogen (secondary N) is 1. The summed E-state index contributed by atoms with van der Waals surface area (Å²) in [5.74, 6) is -0.412. The molecule has 0 aromatic carbocycles. The lowest BCUT2D eigenvalue weighted by Gasteiger charge is -2.26. The average Bonchev–Trinajstić information content (AvgIpc) is 4.47. The molecule has 0 saturated carbocycles. The Bertz CT molecular complexity index is 3140. The van der Waals surface area contributed by atoms with Crippen LogP contribution in [0.3, 0.4) is 0 Å². The third kappa shape index (κ3) is 13.4. The minimum Gasteiger partial charge on any atom is -0.394 e. The Balaban J connectivity index is 0.867. The van der Waals surface area contributed by atoms with Gasteiger partial charge in [0.2, 0.25) is 5.91 Å². The first-order valence-electron chi connectivity index (χ1n) is 26.5. The monoisotopic (exact) mass is 1160 g/mol. The summed E-state index contributed by atoms with van der Waals surface area (Å²) >= 11 is 0. The number of carbonyl (C=O) groups excluding carboxylic acids is 1. The largest absolute Gasteiger partial charge is 0.472 e. The zero-order valence-electron chi connectivity index (χ0n) is 43.7. The van der Waals surface area contributed by atoms with E-state index in [4.69, 9.17) is 49.5 Å². The fourth-order valence-corrected chi connectivity index (χ4v) is 12.0. The molecule has 32 nitrogen and oxygen atoms in total. The van der Waals surface area contributed by atoms with E-state index >= 15 is 0 Å². The van der Waals surface area contributed by atoms with Crippen LogP contribution in [0.25, 0.3) is 33.5 Å². The Morgan fingerprint density at radius 2 is 0.950 bits per heavy atom. The van der Waals surface area contributed by atoms with Gasteiger partial charge in [0.1, 0.15) is 84.4 Å².